The second kappa shape index (κ2) is 6.27. The molecule has 1 amide bonds. The van der Waals surface area contributed by atoms with Crippen LogP contribution in [0.4, 0.5) is 5.69 Å². The number of carbonyl (C=O) groups excluding carboxylic acids is 1. The van der Waals surface area contributed by atoms with E-state index in [-0.39, 0.29) is 11.5 Å². The zero-order valence-electron chi connectivity index (χ0n) is 14.2. The molecule has 4 aromatic rings. The Morgan fingerprint density at radius 2 is 1.88 bits per heavy atom. The first kappa shape index (κ1) is 16.8. The van der Waals surface area contributed by atoms with Crippen LogP contribution in [0.25, 0.3) is 21.0 Å². The van der Waals surface area contributed by atoms with E-state index in [1.54, 1.807) is 25.2 Å². The normalized spacial score (nSPS) is 11.2. The fraction of sp³-hybridized carbons (Fsp3) is 0.100. The van der Waals surface area contributed by atoms with Crippen LogP contribution in [0.15, 0.2) is 53.3 Å². The number of benzene rings is 2. The SMILES string of the molecule is Cc1ccc2[nH]c(=O)c3cc(C(=O)N(C)c4ccccc4Cl)sc3c2c1. The van der Waals surface area contributed by atoms with E-state index in [1.807, 2.05) is 37.3 Å². The van der Waals surface area contributed by atoms with Gasteiger partial charge < -0.3 is 9.88 Å². The average Bonchev–Trinajstić information content (AvgIpc) is 3.08. The quantitative estimate of drug-likeness (QED) is 0.531. The highest BCUT2D eigenvalue weighted by Gasteiger charge is 2.20. The van der Waals surface area contributed by atoms with Gasteiger partial charge in [0.15, 0.2) is 0 Å². The lowest BCUT2D eigenvalue weighted by atomic mass is 10.1. The number of anilines is 1. The first-order chi connectivity index (χ1) is 12.5. The number of halogens is 1. The molecule has 2 aromatic carbocycles. The van der Waals surface area contributed by atoms with Crippen molar-refractivity contribution in [2.75, 3.05) is 11.9 Å². The Kier molecular flexibility index (Phi) is 4.05. The number of rotatable bonds is 2. The number of carbonyl (C=O) groups is 1. The summed E-state index contributed by atoms with van der Waals surface area (Å²) in [5.74, 6) is -0.195. The summed E-state index contributed by atoms with van der Waals surface area (Å²) >= 11 is 7.54. The summed E-state index contributed by atoms with van der Waals surface area (Å²) in [5, 5.41) is 1.98. The minimum absolute atomic E-state index is 0.188. The van der Waals surface area contributed by atoms with Crippen LogP contribution in [-0.2, 0) is 0 Å². The summed E-state index contributed by atoms with van der Waals surface area (Å²) in [6, 6.07) is 14.7. The average molecular weight is 383 g/mol. The van der Waals surface area contributed by atoms with Crippen LogP contribution in [0, 0.1) is 6.92 Å². The Balaban J connectivity index is 1.87. The van der Waals surface area contributed by atoms with Crippen molar-refractivity contribution in [1.82, 2.24) is 4.98 Å². The van der Waals surface area contributed by atoms with Gasteiger partial charge in [0.2, 0.25) is 0 Å². The first-order valence-corrected chi connectivity index (χ1v) is 9.24. The van der Waals surface area contributed by atoms with E-state index in [1.165, 1.54) is 16.2 Å². The summed E-state index contributed by atoms with van der Waals surface area (Å²) in [6.07, 6.45) is 0. The molecule has 0 fully saturated rings. The van der Waals surface area contributed by atoms with Crippen molar-refractivity contribution >= 4 is 55.5 Å². The van der Waals surface area contributed by atoms with Gasteiger partial charge in [-0.15, -0.1) is 11.3 Å². The van der Waals surface area contributed by atoms with Crippen molar-refractivity contribution < 1.29 is 4.79 Å². The number of aromatic amines is 1. The van der Waals surface area contributed by atoms with Gasteiger partial charge in [0.25, 0.3) is 11.5 Å². The lowest BCUT2D eigenvalue weighted by Gasteiger charge is -2.17. The van der Waals surface area contributed by atoms with Crippen LogP contribution in [0.1, 0.15) is 15.2 Å². The van der Waals surface area contributed by atoms with Gasteiger partial charge >= 0.3 is 0 Å². The molecular formula is C20H15ClN2O2S. The Bertz CT molecular complexity index is 1230. The summed E-state index contributed by atoms with van der Waals surface area (Å²) in [7, 11) is 1.68. The highest BCUT2D eigenvalue weighted by Crippen LogP contribution is 2.32. The van der Waals surface area contributed by atoms with Crippen LogP contribution in [0.3, 0.4) is 0 Å². The van der Waals surface area contributed by atoms with E-state index in [0.29, 0.717) is 21.0 Å². The number of pyridine rings is 1. The summed E-state index contributed by atoms with van der Waals surface area (Å²) in [4.78, 5) is 30.3. The molecule has 2 aromatic heterocycles. The molecule has 0 aliphatic carbocycles. The maximum absolute atomic E-state index is 12.9. The number of fused-ring (bicyclic) bond motifs is 3. The predicted molar refractivity (Wildman–Crippen MR) is 109 cm³/mol. The zero-order valence-corrected chi connectivity index (χ0v) is 15.7. The molecule has 2 heterocycles. The number of para-hydroxylation sites is 1. The molecular weight excluding hydrogens is 368 g/mol. The molecule has 0 unspecified atom stereocenters. The lowest BCUT2D eigenvalue weighted by Crippen LogP contribution is -2.25. The Morgan fingerprint density at radius 3 is 2.65 bits per heavy atom. The molecule has 1 N–H and O–H groups in total. The van der Waals surface area contributed by atoms with Crippen molar-refractivity contribution in [2.45, 2.75) is 6.92 Å². The summed E-state index contributed by atoms with van der Waals surface area (Å²) < 4.78 is 0.823. The molecule has 0 saturated carbocycles. The molecule has 6 heteroatoms. The fourth-order valence-electron chi connectivity index (χ4n) is 3.01. The second-order valence-electron chi connectivity index (χ2n) is 6.17. The van der Waals surface area contributed by atoms with Gasteiger partial charge in [0.05, 0.1) is 21.0 Å². The molecule has 0 saturated heterocycles. The second-order valence-corrected chi connectivity index (χ2v) is 7.63. The number of aromatic nitrogens is 1. The van der Waals surface area contributed by atoms with Crippen molar-refractivity contribution in [2.24, 2.45) is 0 Å². The number of aryl methyl sites for hydroxylation is 1. The number of hydrogen-bond acceptors (Lipinski definition) is 3. The number of nitrogens with zero attached hydrogens (tertiary/aromatic N) is 1. The van der Waals surface area contributed by atoms with E-state index in [2.05, 4.69) is 4.98 Å². The van der Waals surface area contributed by atoms with Crippen LogP contribution >= 0.6 is 22.9 Å². The largest absolute Gasteiger partial charge is 0.321 e. The molecule has 0 radical (unpaired) electrons. The van der Waals surface area contributed by atoms with Crippen molar-refractivity contribution in [3.8, 4) is 0 Å². The molecule has 4 nitrogen and oxygen atoms in total. The van der Waals surface area contributed by atoms with Gasteiger partial charge in [-0.05, 0) is 37.3 Å². The van der Waals surface area contributed by atoms with Crippen LogP contribution in [-0.4, -0.2) is 17.9 Å². The third-order valence-electron chi connectivity index (χ3n) is 4.37. The molecule has 130 valence electrons. The summed E-state index contributed by atoms with van der Waals surface area (Å²) in [5.41, 5.74) is 2.31. The highest BCUT2D eigenvalue weighted by molar-refractivity contribution is 7.21. The first-order valence-electron chi connectivity index (χ1n) is 8.04. The van der Waals surface area contributed by atoms with Crippen molar-refractivity contribution in [3.63, 3.8) is 0 Å². The van der Waals surface area contributed by atoms with Gasteiger partial charge in [0, 0.05) is 22.7 Å². The monoisotopic (exact) mass is 382 g/mol. The third-order valence-corrected chi connectivity index (χ3v) is 5.85. The van der Waals surface area contributed by atoms with Crippen LogP contribution in [0.5, 0.6) is 0 Å². The van der Waals surface area contributed by atoms with Crippen LogP contribution < -0.4 is 10.5 Å². The number of hydrogen-bond donors (Lipinski definition) is 1. The maximum Gasteiger partial charge on any atom is 0.268 e. The lowest BCUT2D eigenvalue weighted by molar-refractivity contribution is 0.0997. The Morgan fingerprint density at radius 1 is 1.12 bits per heavy atom. The minimum atomic E-state index is -0.195. The van der Waals surface area contributed by atoms with Gasteiger partial charge in [0.1, 0.15) is 0 Å². The molecule has 0 bridgehead atoms. The minimum Gasteiger partial charge on any atom is -0.321 e. The molecule has 0 aliphatic heterocycles. The maximum atomic E-state index is 12.9. The van der Waals surface area contributed by atoms with Crippen LogP contribution in [0.2, 0.25) is 5.02 Å². The topological polar surface area (TPSA) is 53.2 Å². The van der Waals surface area contributed by atoms with Gasteiger partial charge in [-0.2, -0.15) is 0 Å². The van der Waals surface area contributed by atoms with E-state index in [0.717, 1.165) is 21.2 Å². The summed E-state index contributed by atoms with van der Waals surface area (Å²) in [6.45, 7) is 2.00. The van der Waals surface area contributed by atoms with E-state index in [4.69, 9.17) is 11.6 Å². The Labute approximate surface area is 158 Å². The van der Waals surface area contributed by atoms with E-state index < -0.39 is 0 Å². The number of amides is 1. The highest BCUT2D eigenvalue weighted by atomic mass is 35.5. The smallest absolute Gasteiger partial charge is 0.268 e. The molecule has 26 heavy (non-hydrogen) atoms. The molecule has 0 atom stereocenters. The molecule has 0 spiro atoms. The van der Waals surface area contributed by atoms with E-state index >= 15 is 0 Å². The standard InChI is InChI=1S/C20H15ClN2O2S/c1-11-7-8-15-12(9-11)18-13(19(24)22-15)10-17(26-18)20(25)23(2)16-6-4-3-5-14(16)21/h3-10H,1-2H3,(H,22,24). The number of thiophene rings is 1. The van der Waals surface area contributed by atoms with Gasteiger partial charge in [-0.1, -0.05) is 35.4 Å². The predicted octanol–water partition coefficient (Wildman–Crippen LogP) is 4.98. The van der Waals surface area contributed by atoms with Gasteiger partial charge in [-0.25, -0.2) is 0 Å². The molecule has 0 aliphatic rings. The van der Waals surface area contributed by atoms with Gasteiger partial charge in [-0.3, -0.25) is 9.59 Å². The molecule has 4 rings (SSSR count). The number of nitrogens with one attached hydrogen (secondary N) is 1. The van der Waals surface area contributed by atoms with Crippen molar-refractivity contribution in [3.05, 3.63) is 74.3 Å². The third kappa shape index (κ3) is 2.69. The van der Waals surface area contributed by atoms with E-state index in [9.17, 15) is 9.59 Å². The fourth-order valence-corrected chi connectivity index (χ4v) is 4.43. The zero-order chi connectivity index (χ0) is 18.4. The Hall–Kier alpha value is -2.63. The van der Waals surface area contributed by atoms with Crippen molar-refractivity contribution in [1.29, 1.82) is 0 Å². The number of H-pyrrole nitrogens is 1.